The van der Waals surface area contributed by atoms with Gasteiger partial charge in [-0.05, 0) is 30.3 Å². The van der Waals surface area contributed by atoms with Gasteiger partial charge in [-0.2, -0.15) is 13.2 Å². The molecule has 0 atom stereocenters. The van der Waals surface area contributed by atoms with E-state index in [0.29, 0.717) is 5.69 Å². The van der Waals surface area contributed by atoms with Crippen molar-refractivity contribution >= 4 is 22.4 Å². The van der Waals surface area contributed by atoms with Crippen LogP contribution in [0.4, 0.5) is 18.9 Å². The molecule has 3 rings (SSSR count). The van der Waals surface area contributed by atoms with E-state index in [1.807, 2.05) is 0 Å². The van der Waals surface area contributed by atoms with Crippen molar-refractivity contribution in [2.24, 2.45) is 0 Å². The number of hydrogen-bond acceptors (Lipinski definition) is 4. The van der Waals surface area contributed by atoms with Gasteiger partial charge in [-0.1, -0.05) is 18.2 Å². The molecule has 0 aliphatic carbocycles. The number of hydrogen-bond donors (Lipinski definition) is 1. The van der Waals surface area contributed by atoms with Crippen LogP contribution in [0.5, 0.6) is 5.75 Å². The number of aromatic nitrogens is 1. The Morgan fingerprint density at radius 1 is 1.03 bits per heavy atom. The van der Waals surface area contributed by atoms with Gasteiger partial charge in [-0.25, -0.2) is 0 Å². The van der Waals surface area contributed by atoms with Crippen LogP contribution >= 0.6 is 0 Å². The van der Waals surface area contributed by atoms with E-state index in [0.717, 1.165) is 4.57 Å². The fraction of sp³-hybridized carbons (Fsp3) is 0.158. The molecular weight excluding hydrogens is 545 g/mol. The Labute approximate surface area is 209 Å². The summed E-state index contributed by atoms with van der Waals surface area (Å²) >= 11 is 0. The molecule has 1 radical (unpaired) electrons. The Morgan fingerprint density at radius 3 is 2.10 bits per heavy atom. The number of rotatable bonds is 3. The number of carbonyl (C=O) groups is 1. The number of alkyl halides is 3. The van der Waals surface area contributed by atoms with Crippen LogP contribution < -0.4 is 10.5 Å². The smallest absolute Gasteiger partial charge is 0.455 e. The molecule has 0 saturated heterocycles. The monoisotopic (exact) mass is 565 g/mol. The number of pyridine rings is 1. The first kappa shape index (κ1) is 28.2. The Kier molecular flexibility index (Phi) is 9.87. The van der Waals surface area contributed by atoms with Crippen molar-refractivity contribution in [1.29, 1.82) is 0 Å². The van der Waals surface area contributed by atoms with E-state index in [2.05, 4.69) is 0 Å². The molecule has 163 valence electrons. The SMILES string of the molecule is CN(C)c1ccc2c(O)c(C(=O)C(F)(F)F)c(=O)n(-c3ccccc3)c2c1.O.O.[Eu]. The first-order chi connectivity index (χ1) is 12.6. The number of ketones is 1. The summed E-state index contributed by atoms with van der Waals surface area (Å²) in [4.78, 5) is 26.4. The number of aromatic hydroxyl groups is 1. The summed E-state index contributed by atoms with van der Waals surface area (Å²) in [5, 5.41) is 10.3. The molecule has 0 aliphatic rings. The van der Waals surface area contributed by atoms with Crippen LogP contribution in [0, 0.1) is 49.4 Å². The van der Waals surface area contributed by atoms with E-state index < -0.39 is 28.8 Å². The molecule has 3 aromatic rings. The van der Waals surface area contributed by atoms with Gasteiger partial charge in [0.1, 0.15) is 11.3 Å². The van der Waals surface area contributed by atoms with E-state index >= 15 is 0 Å². The first-order valence-corrected chi connectivity index (χ1v) is 7.89. The molecule has 7 nitrogen and oxygen atoms in total. The van der Waals surface area contributed by atoms with Gasteiger partial charge in [0.2, 0.25) is 0 Å². The second-order valence-corrected chi connectivity index (χ2v) is 6.12. The van der Waals surface area contributed by atoms with E-state index in [9.17, 15) is 27.9 Å². The number of carbonyl (C=O) groups excluding carboxylic acids is 1. The van der Waals surface area contributed by atoms with Crippen molar-refractivity contribution in [3.63, 3.8) is 0 Å². The third-order valence-corrected chi connectivity index (χ3v) is 4.15. The van der Waals surface area contributed by atoms with Gasteiger partial charge in [0.15, 0.2) is 0 Å². The van der Waals surface area contributed by atoms with Crippen LogP contribution in [-0.2, 0) is 0 Å². The quantitative estimate of drug-likeness (QED) is 0.488. The molecule has 5 N–H and O–H groups in total. The van der Waals surface area contributed by atoms with Crippen molar-refractivity contribution in [2.75, 3.05) is 19.0 Å². The summed E-state index contributed by atoms with van der Waals surface area (Å²) in [6, 6.07) is 12.5. The third-order valence-electron chi connectivity index (χ3n) is 4.15. The van der Waals surface area contributed by atoms with Gasteiger partial charge in [0, 0.05) is 80.2 Å². The number of anilines is 1. The zero-order chi connectivity index (χ0) is 19.9. The van der Waals surface area contributed by atoms with Crippen molar-refractivity contribution in [3.05, 3.63) is 64.4 Å². The second kappa shape index (κ2) is 10.5. The van der Waals surface area contributed by atoms with E-state index in [-0.39, 0.29) is 76.9 Å². The fourth-order valence-corrected chi connectivity index (χ4v) is 2.82. The Balaban J connectivity index is 0.00000280. The molecule has 0 fully saturated rings. The van der Waals surface area contributed by atoms with Gasteiger partial charge in [-0.3, -0.25) is 14.2 Å². The molecule has 11 heteroatoms. The van der Waals surface area contributed by atoms with Crippen LogP contribution in [-0.4, -0.2) is 46.7 Å². The summed E-state index contributed by atoms with van der Waals surface area (Å²) in [7, 11) is 3.51. The minimum Gasteiger partial charge on any atom is -0.506 e. The van der Waals surface area contributed by atoms with Gasteiger partial charge < -0.3 is 21.0 Å². The average molecular weight is 564 g/mol. The van der Waals surface area contributed by atoms with Crippen LogP contribution in [0.1, 0.15) is 10.4 Å². The molecule has 1 aromatic heterocycles. The molecule has 0 aliphatic heterocycles. The summed E-state index contributed by atoms with van der Waals surface area (Å²) in [5.74, 6) is -3.36. The Morgan fingerprint density at radius 2 is 1.60 bits per heavy atom. The number of benzene rings is 2. The van der Waals surface area contributed by atoms with Crippen LogP contribution in [0.3, 0.4) is 0 Å². The predicted octanol–water partition coefficient (Wildman–Crippen LogP) is 1.86. The normalized spacial score (nSPS) is 10.4. The predicted molar refractivity (Wildman–Crippen MR) is 103 cm³/mol. The maximum Gasteiger partial charge on any atom is 0.455 e. The summed E-state index contributed by atoms with van der Waals surface area (Å²) in [6.07, 6.45) is -5.29. The number of fused-ring (bicyclic) bond motifs is 1. The van der Waals surface area contributed by atoms with Crippen molar-refractivity contribution in [3.8, 4) is 11.4 Å². The molecule has 0 unspecified atom stereocenters. The Bertz CT molecular complexity index is 1100. The third kappa shape index (κ3) is 5.09. The number of halogens is 3. The van der Waals surface area contributed by atoms with E-state index in [4.69, 9.17) is 0 Å². The summed E-state index contributed by atoms with van der Waals surface area (Å²) < 4.78 is 40.0. The molecule has 30 heavy (non-hydrogen) atoms. The summed E-state index contributed by atoms with van der Waals surface area (Å²) in [5.41, 5.74) is -1.39. The molecule has 2 aromatic carbocycles. The fourth-order valence-electron chi connectivity index (χ4n) is 2.82. The molecule has 0 amide bonds. The van der Waals surface area contributed by atoms with Gasteiger partial charge >= 0.3 is 6.18 Å². The minimum atomic E-state index is -5.29. The van der Waals surface area contributed by atoms with Crippen LogP contribution in [0.2, 0.25) is 0 Å². The molecule has 1 heterocycles. The number of nitrogens with zero attached hydrogens (tertiary/aromatic N) is 2. The second-order valence-electron chi connectivity index (χ2n) is 6.12. The zero-order valence-corrected chi connectivity index (χ0v) is 18.2. The van der Waals surface area contributed by atoms with E-state index in [1.54, 1.807) is 49.3 Å². The Hall–Kier alpha value is -1.79. The first-order valence-electron chi connectivity index (χ1n) is 7.89. The maximum absolute atomic E-state index is 13.0. The minimum absolute atomic E-state index is 0. The molecule has 0 saturated carbocycles. The van der Waals surface area contributed by atoms with Gasteiger partial charge in [0.05, 0.1) is 5.52 Å². The van der Waals surface area contributed by atoms with Crippen molar-refractivity contribution in [2.45, 2.75) is 6.18 Å². The topological polar surface area (TPSA) is 126 Å². The maximum atomic E-state index is 13.0. The molecule has 0 spiro atoms. The van der Waals surface area contributed by atoms with Crippen LogP contribution in [0.15, 0.2) is 53.3 Å². The number of Topliss-reactive ketones (excluding diaryl/α,β-unsaturated/α-hetero) is 1. The van der Waals surface area contributed by atoms with Crippen molar-refractivity contribution < 1.29 is 83.4 Å². The van der Waals surface area contributed by atoms with E-state index in [1.165, 1.54) is 18.2 Å². The van der Waals surface area contributed by atoms with Gasteiger partial charge in [-0.15, -0.1) is 0 Å². The molecule has 0 bridgehead atoms. The van der Waals surface area contributed by atoms with Gasteiger partial charge in [0.25, 0.3) is 11.3 Å². The van der Waals surface area contributed by atoms with Crippen LogP contribution in [0.25, 0.3) is 16.6 Å². The summed E-state index contributed by atoms with van der Waals surface area (Å²) in [6.45, 7) is 0. The van der Waals surface area contributed by atoms with Crippen molar-refractivity contribution in [1.82, 2.24) is 4.57 Å². The number of para-hydroxylation sites is 1. The molecular formula is C19H19EuF3N2O5. The average Bonchev–Trinajstić information content (AvgIpc) is 2.61. The largest absolute Gasteiger partial charge is 0.506 e. The zero-order valence-electron chi connectivity index (χ0n) is 15.8. The standard InChI is InChI=1S/C19H15F3N2O3.Eu.2H2O/c1-23(2)12-8-9-13-14(10-12)24(11-6-4-3-5-7-11)18(27)15(16(13)25)17(26)19(20,21)22;;;/h3-10,25H,1-2H3;;2*1H2.